The van der Waals surface area contributed by atoms with Crippen LogP contribution in [0.1, 0.15) is 22.8 Å². The van der Waals surface area contributed by atoms with Gasteiger partial charge in [0.1, 0.15) is 11.5 Å². The van der Waals surface area contributed by atoms with E-state index in [1.54, 1.807) is 0 Å². The van der Waals surface area contributed by atoms with Gasteiger partial charge in [-0.2, -0.15) is 0 Å². The zero-order chi connectivity index (χ0) is 25.5. The minimum Gasteiger partial charge on any atom is -0.365 e. The molecule has 1 N–H and O–H groups in total. The fourth-order valence-electron chi connectivity index (χ4n) is 5.27. The number of fused-ring (bicyclic) bond motifs is 1. The average Bonchev–Trinajstić information content (AvgIpc) is 3.53. The molecule has 3 aromatic carbocycles. The zero-order valence-corrected chi connectivity index (χ0v) is 21.3. The number of rotatable bonds is 4. The van der Waals surface area contributed by atoms with E-state index in [4.69, 9.17) is 4.98 Å². The molecule has 2 aromatic heterocycles. The van der Waals surface area contributed by atoms with Crippen LogP contribution < -0.4 is 4.90 Å². The van der Waals surface area contributed by atoms with Crippen molar-refractivity contribution in [1.82, 2.24) is 24.4 Å². The molecule has 0 aliphatic carbocycles. The molecule has 1 amide bonds. The van der Waals surface area contributed by atoms with Gasteiger partial charge in [0.25, 0.3) is 5.91 Å². The minimum absolute atomic E-state index is 0.0535. The molecule has 7 nitrogen and oxygen atoms in total. The first-order chi connectivity index (χ1) is 18.0. The van der Waals surface area contributed by atoms with Gasteiger partial charge in [-0.05, 0) is 49.7 Å². The minimum atomic E-state index is 0.0535. The number of benzene rings is 3. The smallest absolute Gasteiger partial charge is 0.254 e. The number of hydrogen-bond acceptors (Lipinski definition) is 4. The lowest BCUT2D eigenvalue weighted by Gasteiger charge is -2.41. The molecule has 1 fully saturated rings. The summed E-state index contributed by atoms with van der Waals surface area (Å²) in [5, 5.41) is 0. The standard InChI is InChI=1S/C30H30N6O/c1-20-8-7-11-24(16-20)36-15-14-35(19-21(36)2)30(37)23-12-13-27-25(17-23)33-29(34(27)3)26-18-31-28(32-26)22-9-5-4-6-10-22/h4-13,16-18,21H,14-15,19H2,1-3H3,(H,31,32). The summed E-state index contributed by atoms with van der Waals surface area (Å²) < 4.78 is 2.04. The fourth-order valence-corrected chi connectivity index (χ4v) is 5.27. The van der Waals surface area contributed by atoms with E-state index in [2.05, 4.69) is 53.0 Å². The summed E-state index contributed by atoms with van der Waals surface area (Å²) >= 11 is 0. The van der Waals surface area contributed by atoms with Crippen LogP contribution in [-0.4, -0.2) is 56.0 Å². The molecule has 0 radical (unpaired) electrons. The van der Waals surface area contributed by atoms with Gasteiger partial charge in [-0.15, -0.1) is 0 Å². The number of nitrogens with zero attached hydrogens (tertiary/aromatic N) is 5. The number of H-pyrrole nitrogens is 1. The summed E-state index contributed by atoms with van der Waals surface area (Å²) in [5.74, 6) is 1.64. The van der Waals surface area contributed by atoms with E-state index in [-0.39, 0.29) is 11.9 Å². The van der Waals surface area contributed by atoms with Crippen molar-refractivity contribution in [3.05, 3.63) is 90.1 Å². The third-order valence-electron chi connectivity index (χ3n) is 7.24. The Hall–Kier alpha value is -4.39. The Balaban J connectivity index is 1.23. The van der Waals surface area contributed by atoms with E-state index >= 15 is 0 Å². The molecule has 1 aliphatic heterocycles. The molecule has 3 heterocycles. The van der Waals surface area contributed by atoms with E-state index in [0.717, 1.165) is 40.5 Å². The zero-order valence-electron chi connectivity index (χ0n) is 21.3. The van der Waals surface area contributed by atoms with Crippen LogP contribution in [0.25, 0.3) is 33.9 Å². The van der Waals surface area contributed by atoms with Crippen molar-refractivity contribution >= 4 is 22.6 Å². The van der Waals surface area contributed by atoms with E-state index < -0.39 is 0 Å². The van der Waals surface area contributed by atoms with E-state index in [9.17, 15) is 4.79 Å². The van der Waals surface area contributed by atoms with Crippen LogP contribution in [0.2, 0.25) is 0 Å². The maximum Gasteiger partial charge on any atom is 0.254 e. The first kappa shape index (κ1) is 23.0. The van der Waals surface area contributed by atoms with Crippen molar-refractivity contribution in [2.75, 3.05) is 24.5 Å². The Morgan fingerprint density at radius 3 is 2.62 bits per heavy atom. The van der Waals surface area contributed by atoms with Crippen LogP contribution in [0.4, 0.5) is 5.69 Å². The SMILES string of the molecule is Cc1cccc(N2CCN(C(=O)c3ccc4c(c3)nc(-c3cnc(-c5ccccc5)[nH]3)n4C)CC2C)c1. The summed E-state index contributed by atoms with van der Waals surface area (Å²) in [6, 6.07) is 24.6. The second-order valence-electron chi connectivity index (χ2n) is 9.84. The number of piperazine rings is 1. The lowest BCUT2D eigenvalue weighted by Crippen LogP contribution is -2.53. The lowest BCUT2D eigenvalue weighted by atomic mass is 10.1. The fraction of sp³-hybridized carbons (Fsp3) is 0.233. The highest BCUT2D eigenvalue weighted by atomic mass is 16.2. The largest absolute Gasteiger partial charge is 0.365 e. The number of hydrogen-bond donors (Lipinski definition) is 1. The number of aromatic amines is 1. The topological polar surface area (TPSA) is 70.1 Å². The summed E-state index contributed by atoms with van der Waals surface area (Å²) in [6.45, 7) is 6.50. The molecule has 1 atom stereocenters. The monoisotopic (exact) mass is 490 g/mol. The molecule has 7 heteroatoms. The van der Waals surface area contributed by atoms with E-state index in [0.29, 0.717) is 18.7 Å². The molecule has 186 valence electrons. The van der Waals surface area contributed by atoms with Crippen molar-refractivity contribution in [3.63, 3.8) is 0 Å². The van der Waals surface area contributed by atoms with Gasteiger partial charge in [0.2, 0.25) is 0 Å². The molecule has 6 rings (SSSR count). The third kappa shape index (κ3) is 4.27. The van der Waals surface area contributed by atoms with Gasteiger partial charge in [-0.25, -0.2) is 9.97 Å². The van der Waals surface area contributed by atoms with Crippen molar-refractivity contribution in [2.24, 2.45) is 7.05 Å². The van der Waals surface area contributed by atoms with Gasteiger partial charge in [0.15, 0.2) is 5.82 Å². The van der Waals surface area contributed by atoms with Gasteiger partial charge in [-0.1, -0.05) is 42.5 Å². The highest BCUT2D eigenvalue weighted by Gasteiger charge is 2.28. The Morgan fingerprint density at radius 1 is 1.00 bits per heavy atom. The van der Waals surface area contributed by atoms with Gasteiger partial charge < -0.3 is 19.4 Å². The second-order valence-corrected chi connectivity index (χ2v) is 9.84. The van der Waals surface area contributed by atoms with Crippen LogP contribution in [-0.2, 0) is 7.05 Å². The number of carbonyl (C=O) groups excluding carboxylic acids is 1. The van der Waals surface area contributed by atoms with Gasteiger partial charge in [0.05, 0.1) is 17.2 Å². The first-order valence-corrected chi connectivity index (χ1v) is 12.7. The molecule has 1 saturated heterocycles. The number of anilines is 1. The van der Waals surface area contributed by atoms with E-state index in [1.165, 1.54) is 11.3 Å². The average molecular weight is 491 g/mol. The van der Waals surface area contributed by atoms with E-state index in [1.807, 2.05) is 71.2 Å². The summed E-state index contributed by atoms with van der Waals surface area (Å²) in [5.41, 5.74) is 6.77. The summed E-state index contributed by atoms with van der Waals surface area (Å²) in [6.07, 6.45) is 1.81. The van der Waals surface area contributed by atoms with Crippen LogP contribution in [0.5, 0.6) is 0 Å². The third-order valence-corrected chi connectivity index (χ3v) is 7.24. The molecular weight excluding hydrogens is 460 g/mol. The number of aromatic nitrogens is 4. The number of carbonyl (C=O) groups is 1. The highest BCUT2D eigenvalue weighted by molar-refractivity contribution is 5.98. The maximum atomic E-state index is 13.5. The number of nitrogens with one attached hydrogen (secondary N) is 1. The molecular formula is C30H30N6O. The predicted molar refractivity (Wildman–Crippen MR) is 148 cm³/mol. The quantitative estimate of drug-likeness (QED) is 0.372. The first-order valence-electron chi connectivity index (χ1n) is 12.7. The predicted octanol–water partition coefficient (Wildman–Crippen LogP) is 5.29. The van der Waals surface area contributed by atoms with Crippen LogP contribution in [0, 0.1) is 6.92 Å². The van der Waals surface area contributed by atoms with Gasteiger partial charge in [-0.3, -0.25) is 4.79 Å². The van der Waals surface area contributed by atoms with Crippen molar-refractivity contribution < 1.29 is 4.79 Å². The Kier molecular flexibility index (Phi) is 5.75. The molecule has 5 aromatic rings. The maximum absolute atomic E-state index is 13.5. The highest BCUT2D eigenvalue weighted by Crippen LogP contribution is 2.27. The van der Waals surface area contributed by atoms with Gasteiger partial charge in [0, 0.05) is 49.5 Å². The molecule has 0 spiro atoms. The van der Waals surface area contributed by atoms with Gasteiger partial charge >= 0.3 is 0 Å². The van der Waals surface area contributed by atoms with Crippen LogP contribution >= 0.6 is 0 Å². The number of aryl methyl sites for hydroxylation is 2. The Morgan fingerprint density at radius 2 is 1.84 bits per heavy atom. The van der Waals surface area contributed by atoms with Crippen LogP contribution in [0.3, 0.4) is 0 Å². The molecule has 0 saturated carbocycles. The number of imidazole rings is 2. The normalized spacial score (nSPS) is 15.9. The van der Waals surface area contributed by atoms with Crippen LogP contribution in [0.15, 0.2) is 79.0 Å². The molecule has 1 aliphatic rings. The Labute approximate surface area is 216 Å². The molecule has 0 bridgehead atoms. The molecule has 37 heavy (non-hydrogen) atoms. The second kappa shape index (κ2) is 9.24. The molecule has 1 unspecified atom stereocenters. The number of amides is 1. The van der Waals surface area contributed by atoms with Crippen molar-refractivity contribution in [3.8, 4) is 22.9 Å². The van der Waals surface area contributed by atoms with Crippen molar-refractivity contribution in [2.45, 2.75) is 19.9 Å². The lowest BCUT2D eigenvalue weighted by molar-refractivity contribution is 0.0726. The Bertz CT molecular complexity index is 1580. The summed E-state index contributed by atoms with van der Waals surface area (Å²) in [7, 11) is 1.99. The summed E-state index contributed by atoms with van der Waals surface area (Å²) in [4.78, 5) is 30.6. The van der Waals surface area contributed by atoms with Crippen molar-refractivity contribution in [1.29, 1.82) is 0 Å².